The van der Waals surface area contributed by atoms with Crippen LogP contribution in [0.5, 0.6) is 5.75 Å². The van der Waals surface area contributed by atoms with E-state index in [4.69, 9.17) is 9.57 Å². The van der Waals surface area contributed by atoms with E-state index in [2.05, 4.69) is 15.6 Å². The number of para-hydroxylation sites is 1. The Kier molecular flexibility index (Phi) is 9.43. The van der Waals surface area contributed by atoms with Crippen molar-refractivity contribution in [2.75, 3.05) is 13.7 Å². The minimum absolute atomic E-state index is 0.0614. The van der Waals surface area contributed by atoms with Gasteiger partial charge in [0.1, 0.15) is 11.9 Å². The maximum Gasteiger partial charge on any atom is 0.276 e. The number of rotatable bonds is 11. The van der Waals surface area contributed by atoms with Crippen LogP contribution in [-0.2, 0) is 29.0 Å². The van der Waals surface area contributed by atoms with Crippen LogP contribution in [0.4, 0.5) is 0 Å². The third-order valence-corrected chi connectivity index (χ3v) is 4.81. The van der Waals surface area contributed by atoms with Gasteiger partial charge < -0.3 is 14.9 Å². The van der Waals surface area contributed by atoms with Crippen molar-refractivity contribution in [1.82, 2.24) is 15.1 Å². The van der Waals surface area contributed by atoms with Gasteiger partial charge in [-0.05, 0) is 51.3 Å². The van der Waals surface area contributed by atoms with Crippen LogP contribution in [0, 0.1) is 5.92 Å². The predicted octanol–water partition coefficient (Wildman–Crippen LogP) is 2.96. The monoisotopic (exact) mass is 442 g/mol. The van der Waals surface area contributed by atoms with Gasteiger partial charge in [-0.15, -0.1) is 0 Å². The third kappa shape index (κ3) is 7.21. The second kappa shape index (κ2) is 12.0. The second-order valence-corrected chi connectivity index (χ2v) is 8.17. The number of hydrogen-bond acceptors (Lipinski definition) is 6. The first-order chi connectivity index (χ1) is 15.2. The molecular formula is C24H34N4O4. The molecule has 1 amide bonds. The lowest BCUT2D eigenvalue weighted by Crippen LogP contribution is -2.36. The summed E-state index contributed by atoms with van der Waals surface area (Å²) in [5.74, 6) is 0.638. The van der Waals surface area contributed by atoms with Crippen molar-refractivity contribution in [3.63, 3.8) is 0 Å². The number of carbonyl (C=O) groups excluding carboxylic acids is 1. The zero-order chi connectivity index (χ0) is 23.7. The molecule has 1 aromatic carbocycles. The number of benzene rings is 1. The van der Waals surface area contributed by atoms with Crippen molar-refractivity contribution < 1.29 is 14.4 Å². The molecule has 1 aromatic heterocycles. The van der Waals surface area contributed by atoms with Gasteiger partial charge in [0.25, 0.3) is 5.56 Å². The Morgan fingerprint density at radius 3 is 2.56 bits per heavy atom. The lowest BCUT2D eigenvalue weighted by atomic mass is 10.1. The lowest BCUT2D eigenvalue weighted by molar-refractivity contribution is -0.124. The van der Waals surface area contributed by atoms with Crippen LogP contribution in [0.1, 0.15) is 51.4 Å². The Bertz CT molecular complexity index is 996. The Balaban J connectivity index is 2.31. The van der Waals surface area contributed by atoms with E-state index in [-0.39, 0.29) is 30.0 Å². The fourth-order valence-electron chi connectivity index (χ4n) is 3.02. The molecule has 174 valence electrons. The molecule has 0 radical (unpaired) electrons. The average Bonchev–Trinajstić information content (AvgIpc) is 2.77. The first-order valence-corrected chi connectivity index (χ1v) is 10.9. The molecular weight excluding hydrogens is 408 g/mol. The van der Waals surface area contributed by atoms with Crippen molar-refractivity contribution in [2.24, 2.45) is 11.1 Å². The van der Waals surface area contributed by atoms with Crippen molar-refractivity contribution in [3.8, 4) is 5.75 Å². The normalized spacial score (nSPS) is 11.7. The highest BCUT2D eigenvalue weighted by atomic mass is 16.6. The molecule has 0 atom stereocenters. The molecule has 8 nitrogen and oxygen atoms in total. The number of hydrogen-bond donors (Lipinski definition) is 1. The fraction of sp³-hybridized carbons (Fsp3) is 0.500. The Morgan fingerprint density at radius 2 is 1.91 bits per heavy atom. The smallest absolute Gasteiger partial charge is 0.276 e. The van der Waals surface area contributed by atoms with Gasteiger partial charge in [-0.25, -0.2) is 4.68 Å². The molecule has 0 fully saturated rings. The molecule has 0 saturated carbocycles. The molecule has 1 heterocycles. The summed E-state index contributed by atoms with van der Waals surface area (Å²) in [5, 5.41) is 11.5. The van der Waals surface area contributed by atoms with Gasteiger partial charge in [0.15, 0.2) is 0 Å². The van der Waals surface area contributed by atoms with Crippen molar-refractivity contribution in [3.05, 3.63) is 57.5 Å². The number of nitrogens with one attached hydrogen (secondary N) is 1. The number of nitrogens with zero attached hydrogens (tertiary/aromatic N) is 3. The number of oxime groups is 1. The van der Waals surface area contributed by atoms with E-state index in [1.165, 1.54) is 4.68 Å². The number of ether oxygens (including phenoxy) is 1. The van der Waals surface area contributed by atoms with Crippen LogP contribution < -0.4 is 15.6 Å². The molecule has 8 heteroatoms. The maximum atomic E-state index is 13.0. The van der Waals surface area contributed by atoms with Gasteiger partial charge in [-0.2, -0.15) is 5.10 Å². The number of carbonyl (C=O) groups is 1. The average molecular weight is 443 g/mol. The second-order valence-electron chi connectivity index (χ2n) is 8.17. The summed E-state index contributed by atoms with van der Waals surface area (Å²) in [4.78, 5) is 30.2. The highest BCUT2D eigenvalue weighted by Gasteiger charge is 2.14. The van der Waals surface area contributed by atoms with Crippen LogP contribution in [0.3, 0.4) is 0 Å². The first kappa shape index (κ1) is 25.1. The van der Waals surface area contributed by atoms with Gasteiger partial charge in [0, 0.05) is 12.5 Å². The molecule has 0 aliphatic carbocycles. The van der Waals surface area contributed by atoms with E-state index < -0.39 is 0 Å². The molecule has 0 saturated heterocycles. The summed E-state index contributed by atoms with van der Waals surface area (Å²) in [5.41, 5.74) is 2.47. The van der Waals surface area contributed by atoms with Crippen molar-refractivity contribution in [2.45, 2.75) is 60.1 Å². The van der Waals surface area contributed by atoms with Crippen LogP contribution >= 0.6 is 0 Å². The van der Waals surface area contributed by atoms with E-state index >= 15 is 0 Å². The molecule has 0 aliphatic heterocycles. The summed E-state index contributed by atoms with van der Waals surface area (Å²) < 4.78 is 6.83. The van der Waals surface area contributed by atoms with Gasteiger partial charge in [0.2, 0.25) is 5.91 Å². The molecule has 0 spiro atoms. The molecule has 32 heavy (non-hydrogen) atoms. The topological polar surface area (TPSA) is 94.8 Å². The third-order valence-electron chi connectivity index (χ3n) is 4.81. The van der Waals surface area contributed by atoms with Crippen LogP contribution in [0.15, 0.2) is 40.3 Å². The zero-order valence-corrected chi connectivity index (χ0v) is 19.8. The van der Waals surface area contributed by atoms with E-state index in [0.717, 1.165) is 17.0 Å². The molecule has 0 bridgehead atoms. The van der Waals surface area contributed by atoms with E-state index in [1.54, 1.807) is 20.1 Å². The van der Waals surface area contributed by atoms with Crippen LogP contribution in [0.2, 0.25) is 0 Å². The lowest BCUT2D eigenvalue weighted by Gasteiger charge is -2.13. The predicted molar refractivity (Wildman–Crippen MR) is 125 cm³/mol. The van der Waals surface area contributed by atoms with Gasteiger partial charge in [0.05, 0.1) is 30.6 Å². The Morgan fingerprint density at radius 1 is 1.19 bits per heavy atom. The summed E-state index contributed by atoms with van der Waals surface area (Å²) in [6.07, 6.45) is 1.23. The summed E-state index contributed by atoms with van der Waals surface area (Å²) in [6, 6.07) is 9.60. The number of methoxy groups -OCH3 is 1. The van der Waals surface area contributed by atoms with Crippen molar-refractivity contribution in [1.29, 1.82) is 0 Å². The summed E-state index contributed by atoms with van der Waals surface area (Å²) >= 11 is 0. The Labute approximate surface area is 189 Å². The largest absolute Gasteiger partial charge is 0.496 e. The van der Waals surface area contributed by atoms with Crippen molar-refractivity contribution >= 4 is 11.6 Å². The highest BCUT2D eigenvalue weighted by molar-refractivity contribution is 5.98. The quantitative estimate of drug-likeness (QED) is 0.426. The van der Waals surface area contributed by atoms with Gasteiger partial charge in [-0.1, -0.05) is 37.2 Å². The molecule has 2 rings (SSSR count). The Hall–Kier alpha value is -3.16. The van der Waals surface area contributed by atoms with Crippen LogP contribution in [-0.4, -0.2) is 41.2 Å². The standard InChI is InChI=1S/C24H34N4O4/c1-16(2)23(29)25-13-14-28-24(30)21(18(5)27-32-17(3)4)15-20(26-28)12-11-19-9-7-8-10-22(19)31-6/h7-10,15-17H,11-14H2,1-6H3,(H,25,29)/b27-18+. The maximum absolute atomic E-state index is 13.0. The zero-order valence-electron chi connectivity index (χ0n) is 19.8. The van der Waals surface area contributed by atoms with E-state index in [0.29, 0.717) is 30.7 Å². The number of aryl methyl sites for hydroxylation is 2. The van der Waals surface area contributed by atoms with Crippen LogP contribution in [0.25, 0.3) is 0 Å². The summed E-state index contributed by atoms with van der Waals surface area (Å²) in [6.45, 7) is 9.72. The van der Waals surface area contributed by atoms with E-state index in [9.17, 15) is 9.59 Å². The van der Waals surface area contributed by atoms with Gasteiger partial charge in [-0.3, -0.25) is 9.59 Å². The number of aromatic nitrogens is 2. The minimum Gasteiger partial charge on any atom is -0.496 e. The molecule has 1 N–H and O–H groups in total. The fourth-order valence-corrected chi connectivity index (χ4v) is 3.02. The molecule has 0 aliphatic rings. The van der Waals surface area contributed by atoms with E-state index in [1.807, 2.05) is 52.0 Å². The molecule has 2 aromatic rings. The number of amides is 1. The molecule has 0 unspecified atom stereocenters. The summed E-state index contributed by atoms with van der Waals surface area (Å²) in [7, 11) is 1.65. The SMILES string of the molecule is COc1ccccc1CCc1cc(/C(C)=N/OC(C)C)c(=O)n(CCNC(=O)C(C)C)n1. The highest BCUT2D eigenvalue weighted by Crippen LogP contribution is 2.19. The van der Waals surface area contributed by atoms with Gasteiger partial charge >= 0.3 is 0 Å². The minimum atomic E-state index is -0.265. The first-order valence-electron chi connectivity index (χ1n) is 10.9.